The van der Waals surface area contributed by atoms with E-state index >= 15 is 0 Å². The third-order valence-electron chi connectivity index (χ3n) is 3.00. The molecule has 0 saturated carbocycles. The molecule has 0 aromatic heterocycles. The van der Waals surface area contributed by atoms with Gasteiger partial charge in [0.15, 0.2) is 0 Å². The van der Waals surface area contributed by atoms with Crippen LogP contribution in [0.4, 0.5) is 15.8 Å². The molecular weight excluding hydrogens is 293 g/mol. The van der Waals surface area contributed by atoms with Gasteiger partial charge >= 0.3 is 0 Å². The second-order valence-electron chi connectivity index (χ2n) is 4.44. The number of sulfonamides is 1. The molecule has 0 atom stereocenters. The molecule has 0 aliphatic carbocycles. The smallest absolute Gasteiger partial charge is 0.240 e. The molecule has 4 N–H and O–H groups in total. The van der Waals surface area contributed by atoms with Gasteiger partial charge in [-0.15, -0.1) is 0 Å². The Bertz CT molecular complexity index is 730. The van der Waals surface area contributed by atoms with Crippen LogP contribution in [0.1, 0.15) is 5.56 Å². The molecule has 2 aromatic rings. The molecule has 0 radical (unpaired) electrons. The summed E-state index contributed by atoms with van der Waals surface area (Å²) in [6, 6.07) is 10.5. The van der Waals surface area contributed by atoms with Crippen molar-refractivity contribution in [2.75, 3.05) is 18.1 Å². The quantitative estimate of drug-likeness (QED) is 0.737. The third kappa shape index (κ3) is 3.71. The van der Waals surface area contributed by atoms with E-state index in [1.807, 2.05) is 0 Å². The molecular formula is C14H16FN3O2S. The van der Waals surface area contributed by atoms with E-state index < -0.39 is 10.0 Å². The summed E-state index contributed by atoms with van der Waals surface area (Å²) in [6.07, 6.45) is 0. The van der Waals surface area contributed by atoms with E-state index in [1.54, 1.807) is 18.2 Å². The molecule has 2 rings (SSSR count). The van der Waals surface area contributed by atoms with E-state index in [9.17, 15) is 12.8 Å². The van der Waals surface area contributed by atoms with E-state index in [2.05, 4.69) is 10.0 Å². The number of nitrogens with two attached hydrogens (primary N) is 1. The van der Waals surface area contributed by atoms with Crippen molar-refractivity contribution in [1.82, 2.24) is 4.72 Å². The Hall–Kier alpha value is -2.12. The number of rotatable bonds is 5. The van der Waals surface area contributed by atoms with Crippen LogP contribution in [-0.4, -0.2) is 15.5 Å². The van der Waals surface area contributed by atoms with Gasteiger partial charge in [-0.2, -0.15) is 0 Å². The van der Waals surface area contributed by atoms with Crippen LogP contribution in [0.25, 0.3) is 0 Å². The zero-order chi connectivity index (χ0) is 15.5. The lowest BCUT2D eigenvalue weighted by Crippen LogP contribution is -2.18. The van der Waals surface area contributed by atoms with Gasteiger partial charge in [-0.3, -0.25) is 0 Å². The van der Waals surface area contributed by atoms with Gasteiger partial charge in [0.05, 0.1) is 16.3 Å². The first-order chi connectivity index (χ1) is 9.92. The molecule has 7 heteroatoms. The molecule has 0 aliphatic rings. The molecule has 0 spiro atoms. The zero-order valence-corrected chi connectivity index (χ0v) is 12.2. The molecule has 0 unspecified atom stereocenters. The molecule has 0 bridgehead atoms. The van der Waals surface area contributed by atoms with Crippen LogP contribution in [0, 0.1) is 5.82 Å². The second-order valence-corrected chi connectivity index (χ2v) is 6.32. The minimum atomic E-state index is -3.51. The maximum Gasteiger partial charge on any atom is 0.240 e. The van der Waals surface area contributed by atoms with Crippen LogP contribution in [0.15, 0.2) is 47.4 Å². The lowest BCUT2D eigenvalue weighted by Gasteiger charge is -2.11. The van der Waals surface area contributed by atoms with Crippen molar-refractivity contribution < 1.29 is 12.8 Å². The highest BCUT2D eigenvalue weighted by Gasteiger charge is 2.12. The van der Waals surface area contributed by atoms with Crippen molar-refractivity contribution >= 4 is 21.4 Å². The van der Waals surface area contributed by atoms with E-state index in [0.29, 0.717) is 17.9 Å². The Balaban J connectivity index is 2.13. The van der Waals surface area contributed by atoms with Gasteiger partial charge in [-0.25, -0.2) is 17.5 Å². The lowest BCUT2D eigenvalue weighted by atomic mass is 10.2. The third-order valence-corrected chi connectivity index (χ3v) is 4.41. The Morgan fingerprint density at radius 3 is 2.38 bits per heavy atom. The number of anilines is 2. The summed E-state index contributed by atoms with van der Waals surface area (Å²) in [7, 11) is -2.17. The average molecular weight is 309 g/mol. The van der Waals surface area contributed by atoms with Gasteiger partial charge in [0.1, 0.15) is 5.82 Å². The maximum absolute atomic E-state index is 12.8. The number of hydrogen-bond acceptors (Lipinski definition) is 4. The van der Waals surface area contributed by atoms with Crippen LogP contribution in [0.3, 0.4) is 0 Å². The van der Waals surface area contributed by atoms with Gasteiger partial charge in [0.2, 0.25) is 10.0 Å². The molecule has 0 aliphatic heterocycles. The summed E-state index contributed by atoms with van der Waals surface area (Å²) < 4.78 is 38.3. The van der Waals surface area contributed by atoms with Crippen LogP contribution >= 0.6 is 0 Å². The number of halogens is 1. The average Bonchev–Trinajstić information content (AvgIpc) is 2.47. The Kier molecular flexibility index (Phi) is 4.44. The highest BCUT2D eigenvalue weighted by atomic mass is 32.2. The van der Waals surface area contributed by atoms with Gasteiger partial charge in [-0.1, -0.05) is 12.1 Å². The summed E-state index contributed by atoms with van der Waals surface area (Å²) in [5, 5.41) is 3.08. The fraction of sp³-hybridized carbons (Fsp3) is 0.143. The van der Waals surface area contributed by atoms with Crippen LogP contribution in [0.5, 0.6) is 0 Å². The molecule has 0 fully saturated rings. The van der Waals surface area contributed by atoms with Crippen LogP contribution < -0.4 is 15.8 Å². The standard InChI is InChI=1S/C14H16FN3O2S/c1-17-21(19,20)12-6-7-14(13(16)8-12)18-9-10-2-4-11(15)5-3-10/h2-8,17-18H,9,16H2,1H3. The first kappa shape index (κ1) is 15.3. The van der Waals surface area contributed by atoms with E-state index in [-0.39, 0.29) is 10.7 Å². The van der Waals surface area contributed by atoms with Gasteiger partial charge in [0, 0.05) is 6.54 Å². The monoisotopic (exact) mass is 309 g/mol. The van der Waals surface area contributed by atoms with Crippen molar-refractivity contribution in [3.63, 3.8) is 0 Å². The summed E-state index contributed by atoms with van der Waals surface area (Å²) in [5.74, 6) is -0.292. The molecule has 0 amide bonds. The van der Waals surface area contributed by atoms with Crippen molar-refractivity contribution in [2.45, 2.75) is 11.4 Å². The zero-order valence-electron chi connectivity index (χ0n) is 11.4. The summed E-state index contributed by atoms with van der Waals surface area (Å²) >= 11 is 0. The number of hydrogen-bond donors (Lipinski definition) is 3. The highest BCUT2D eigenvalue weighted by Crippen LogP contribution is 2.23. The largest absolute Gasteiger partial charge is 0.397 e. The second kappa shape index (κ2) is 6.11. The van der Waals surface area contributed by atoms with Crippen molar-refractivity contribution in [2.24, 2.45) is 0 Å². The van der Waals surface area contributed by atoms with E-state index in [4.69, 9.17) is 5.73 Å². The molecule has 112 valence electrons. The van der Waals surface area contributed by atoms with Crippen molar-refractivity contribution in [3.05, 3.63) is 53.8 Å². The normalized spacial score (nSPS) is 11.3. The SMILES string of the molecule is CNS(=O)(=O)c1ccc(NCc2ccc(F)cc2)c(N)c1. The van der Waals surface area contributed by atoms with E-state index in [0.717, 1.165) is 5.56 Å². The summed E-state index contributed by atoms with van der Waals surface area (Å²) in [4.78, 5) is 0.106. The Morgan fingerprint density at radius 1 is 1.14 bits per heavy atom. The van der Waals surface area contributed by atoms with Crippen molar-refractivity contribution in [1.29, 1.82) is 0 Å². The summed E-state index contributed by atoms with van der Waals surface area (Å²) in [6.45, 7) is 0.461. The molecule has 0 saturated heterocycles. The minimum Gasteiger partial charge on any atom is -0.397 e. The van der Waals surface area contributed by atoms with Crippen LogP contribution in [0.2, 0.25) is 0 Å². The first-order valence-corrected chi connectivity index (χ1v) is 7.72. The Labute approximate surface area is 123 Å². The predicted octanol–water partition coefficient (Wildman–Crippen LogP) is 1.93. The fourth-order valence-electron chi connectivity index (χ4n) is 1.79. The predicted molar refractivity (Wildman–Crippen MR) is 80.8 cm³/mol. The number of nitrogen functional groups attached to an aromatic ring is 1. The number of nitrogens with one attached hydrogen (secondary N) is 2. The van der Waals surface area contributed by atoms with Gasteiger partial charge in [-0.05, 0) is 42.9 Å². The maximum atomic E-state index is 12.8. The van der Waals surface area contributed by atoms with Gasteiger partial charge in [0.25, 0.3) is 0 Å². The van der Waals surface area contributed by atoms with Crippen LogP contribution in [-0.2, 0) is 16.6 Å². The molecule has 5 nitrogen and oxygen atoms in total. The molecule has 2 aromatic carbocycles. The fourth-order valence-corrected chi connectivity index (χ4v) is 2.55. The lowest BCUT2D eigenvalue weighted by molar-refractivity contribution is 0.588. The minimum absolute atomic E-state index is 0.106. The molecule has 21 heavy (non-hydrogen) atoms. The molecule has 0 heterocycles. The Morgan fingerprint density at radius 2 is 1.81 bits per heavy atom. The number of benzene rings is 2. The van der Waals surface area contributed by atoms with Gasteiger partial charge < -0.3 is 11.1 Å². The van der Waals surface area contributed by atoms with E-state index in [1.165, 1.54) is 31.3 Å². The summed E-state index contributed by atoms with van der Waals surface area (Å²) in [5.41, 5.74) is 7.68. The topological polar surface area (TPSA) is 84.2 Å². The van der Waals surface area contributed by atoms with Crippen molar-refractivity contribution in [3.8, 4) is 0 Å². The highest BCUT2D eigenvalue weighted by molar-refractivity contribution is 7.89. The first-order valence-electron chi connectivity index (χ1n) is 6.24.